The first kappa shape index (κ1) is 12.5. The van der Waals surface area contributed by atoms with Gasteiger partial charge in [0.1, 0.15) is 0 Å². The number of pyridine rings is 1. The summed E-state index contributed by atoms with van der Waals surface area (Å²) in [6, 6.07) is 3.13. The number of carbonyl (C=O) groups is 2. The predicted molar refractivity (Wildman–Crippen MR) is 65.2 cm³/mol. The van der Waals surface area contributed by atoms with Crippen LogP contribution >= 0.6 is 0 Å². The summed E-state index contributed by atoms with van der Waals surface area (Å²) in [5.41, 5.74) is 1.35. The maximum absolute atomic E-state index is 12.3. The van der Waals surface area contributed by atoms with Crippen LogP contribution in [0.15, 0.2) is 18.3 Å². The number of carboxylic acids is 1. The third-order valence-electron chi connectivity index (χ3n) is 3.48. The maximum Gasteiger partial charge on any atom is 0.308 e. The van der Waals surface area contributed by atoms with Gasteiger partial charge in [-0.1, -0.05) is 0 Å². The number of rotatable bonds is 2. The van der Waals surface area contributed by atoms with Gasteiger partial charge in [0.05, 0.1) is 5.92 Å². The van der Waals surface area contributed by atoms with Gasteiger partial charge in [-0.25, -0.2) is 0 Å². The lowest BCUT2D eigenvalue weighted by Crippen LogP contribution is -2.37. The lowest BCUT2D eigenvalue weighted by molar-refractivity contribution is -0.142. The van der Waals surface area contributed by atoms with E-state index >= 15 is 0 Å². The third-order valence-corrected chi connectivity index (χ3v) is 3.48. The van der Waals surface area contributed by atoms with Gasteiger partial charge in [-0.15, -0.1) is 0 Å². The van der Waals surface area contributed by atoms with Gasteiger partial charge in [-0.05, 0) is 32.4 Å². The standard InChI is InChI=1S/C13H16N2O3/c1-8-7-10(3-5-14-8)12(16)15-6-4-11(9(15)2)13(17)18/h3,5,7,9,11H,4,6H2,1-2H3,(H,17,18). The number of carboxylic acid groups (broad SMARTS) is 1. The Kier molecular flexibility index (Phi) is 3.32. The highest BCUT2D eigenvalue weighted by molar-refractivity contribution is 5.95. The van der Waals surface area contributed by atoms with Crippen molar-refractivity contribution in [1.29, 1.82) is 0 Å². The van der Waals surface area contributed by atoms with E-state index < -0.39 is 11.9 Å². The quantitative estimate of drug-likeness (QED) is 0.857. The molecule has 96 valence electrons. The van der Waals surface area contributed by atoms with Crippen LogP contribution in [0.25, 0.3) is 0 Å². The number of amides is 1. The Hall–Kier alpha value is -1.91. The fraction of sp³-hybridized carbons (Fsp3) is 0.462. The van der Waals surface area contributed by atoms with E-state index in [2.05, 4.69) is 4.98 Å². The summed E-state index contributed by atoms with van der Waals surface area (Å²) in [4.78, 5) is 29.0. The Morgan fingerprint density at radius 1 is 1.50 bits per heavy atom. The average molecular weight is 248 g/mol. The minimum atomic E-state index is -0.830. The van der Waals surface area contributed by atoms with E-state index in [0.29, 0.717) is 18.5 Å². The molecule has 1 N–H and O–H groups in total. The number of aromatic nitrogens is 1. The van der Waals surface area contributed by atoms with Gasteiger partial charge in [-0.2, -0.15) is 0 Å². The molecule has 2 heterocycles. The summed E-state index contributed by atoms with van der Waals surface area (Å²) >= 11 is 0. The van der Waals surface area contributed by atoms with Gasteiger partial charge in [0, 0.05) is 30.0 Å². The lowest BCUT2D eigenvalue weighted by atomic mass is 10.0. The van der Waals surface area contributed by atoms with Crippen molar-refractivity contribution in [2.24, 2.45) is 5.92 Å². The molecule has 18 heavy (non-hydrogen) atoms. The summed E-state index contributed by atoms with van der Waals surface area (Å²) in [7, 11) is 0. The molecule has 1 aromatic rings. The van der Waals surface area contributed by atoms with Crippen LogP contribution in [0.4, 0.5) is 0 Å². The Morgan fingerprint density at radius 2 is 2.22 bits per heavy atom. The maximum atomic E-state index is 12.3. The molecule has 2 atom stereocenters. The van der Waals surface area contributed by atoms with Gasteiger partial charge < -0.3 is 10.0 Å². The van der Waals surface area contributed by atoms with Crippen LogP contribution in [0.1, 0.15) is 29.4 Å². The highest BCUT2D eigenvalue weighted by Crippen LogP contribution is 2.26. The molecule has 0 saturated carbocycles. The van der Waals surface area contributed by atoms with E-state index in [9.17, 15) is 9.59 Å². The lowest BCUT2D eigenvalue weighted by Gasteiger charge is -2.23. The topological polar surface area (TPSA) is 70.5 Å². The molecule has 5 nitrogen and oxygen atoms in total. The van der Waals surface area contributed by atoms with Crippen molar-refractivity contribution < 1.29 is 14.7 Å². The van der Waals surface area contributed by atoms with Gasteiger partial charge in [0.15, 0.2) is 0 Å². The Labute approximate surface area is 105 Å². The number of hydrogen-bond acceptors (Lipinski definition) is 3. The SMILES string of the molecule is Cc1cc(C(=O)N2CCC(C(=O)O)C2C)ccn1. The van der Waals surface area contributed by atoms with E-state index in [1.54, 1.807) is 30.2 Å². The first-order chi connectivity index (χ1) is 8.50. The fourth-order valence-electron chi connectivity index (χ4n) is 2.40. The van der Waals surface area contributed by atoms with Crippen molar-refractivity contribution in [2.45, 2.75) is 26.3 Å². The molecule has 1 fully saturated rings. The number of likely N-dealkylation sites (tertiary alicyclic amines) is 1. The van der Waals surface area contributed by atoms with Crippen LogP contribution < -0.4 is 0 Å². The molecule has 0 aromatic carbocycles. The Balaban J connectivity index is 2.18. The number of aliphatic carboxylic acids is 1. The Bertz CT molecular complexity index is 487. The zero-order valence-corrected chi connectivity index (χ0v) is 10.5. The van der Waals surface area contributed by atoms with Crippen LogP contribution in [0.5, 0.6) is 0 Å². The fourth-order valence-corrected chi connectivity index (χ4v) is 2.40. The van der Waals surface area contributed by atoms with E-state index in [4.69, 9.17) is 5.11 Å². The molecule has 1 aliphatic rings. The molecular formula is C13H16N2O3. The normalized spacial score (nSPS) is 23.1. The van der Waals surface area contributed by atoms with E-state index in [1.807, 2.05) is 6.92 Å². The molecule has 0 spiro atoms. The van der Waals surface area contributed by atoms with Crippen molar-refractivity contribution in [1.82, 2.24) is 9.88 Å². The minimum absolute atomic E-state index is 0.114. The van der Waals surface area contributed by atoms with Gasteiger partial charge in [0.25, 0.3) is 5.91 Å². The number of aryl methyl sites for hydroxylation is 1. The van der Waals surface area contributed by atoms with Crippen molar-refractivity contribution in [2.75, 3.05) is 6.54 Å². The summed E-state index contributed by atoms with van der Waals surface area (Å²) in [6.45, 7) is 4.11. The van der Waals surface area contributed by atoms with Gasteiger partial charge in [-0.3, -0.25) is 14.6 Å². The average Bonchev–Trinajstić information content (AvgIpc) is 2.70. The molecule has 1 saturated heterocycles. The second-order valence-corrected chi connectivity index (χ2v) is 4.66. The van der Waals surface area contributed by atoms with Crippen LogP contribution in [-0.2, 0) is 4.79 Å². The largest absolute Gasteiger partial charge is 0.481 e. The molecular weight excluding hydrogens is 232 g/mol. The zero-order valence-electron chi connectivity index (χ0n) is 10.5. The van der Waals surface area contributed by atoms with Crippen molar-refractivity contribution in [3.8, 4) is 0 Å². The highest BCUT2D eigenvalue weighted by Gasteiger charge is 2.38. The van der Waals surface area contributed by atoms with E-state index in [-0.39, 0.29) is 11.9 Å². The van der Waals surface area contributed by atoms with Crippen molar-refractivity contribution in [3.63, 3.8) is 0 Å². The molecule has 0 bridgehead atoms. The molecule has 2 unspecified atom stereocenters. The van der Waals surface area contributed by atoms with Crippen LogP contribution in [0, 0.1) is 12.8 Å². The van der Waals surface area contributed by atoms with Crippen LogP contribution in [0.2, 0.25) is 0 Å². The van der Waals surface area contributed by atoms with Gasteiger partial charge >= 0.3 is 5.97 Å². The number of hydrogen-bond donors (Lipinski definition) is 1. The molecule has 0 aliphatic carbocycles. The molecule has 0 radical (unpaired) electrons. The first-order valence-corrected chi connectivity index (χ1v) is 5.97. The van der Waals surface area contributed by atoms with E-state index in [1.165, 1.54) is 0 Å². The Morgan fingerprint density at radius 3 is 2.78 bits per heavy atom. The molecule has 2 rings (SSSR count). The smallest absolute Gasteiger partial charge is 0.308 e. The molecule has 5 heteroatoms. The first-order valence-electron chi connectivity index (χ1n) is 5.97. The zero-order chi connectivity index (χ0) is 13.3. The van der Waals surface area contributed by atoms with Crippen LogP contribution in [-0.4, -0.2) is 39.5 Å². The van der Waals surface area contributed by atoms with Crippen molar-refractivity contribution >= 4 is 11.9 Å². The minimum Gasteiger partial charge on any atom is -0.481 e. The third kappa shape index (κ3) is 2.20. The molecule has 1 aliphatic heterocycles. The van der Waals surface area contributed by atoms with Crippen molar-refractivity contribution in [3.05, 3.63) is 29.6 Å². The second-order valence-electron chi connectivity index (χ2n) is 4.66. The molecule has 1 amide bonds. The van der Waals surface area contributed by atoms with Gasteiger partial charge in [0.2, 0.25) is 0 Å². The van der Waals surface area contributed by atoms with E-state index in [0.717, 1.165) is 5.69 Å². The predicted octanol–water partition coefficient (Wildman–Crippen LogP) is 1.33. The monoisotopic (exact) mass is 248 g/mol. The summed E-state index contributed by atoms with van der Waals surface area (Å²) in [5.74, 6) is -1.41. The highest BCUT2D eigenvalue weighted by atomic mass is 16.4. The van der Waals surface area contributed by atoms with Crippen LogP contribution in [0.3, 0.4) is 0 Å². The summed E-state index contributed by atoms with van der Waals surface area (Å²) in [6.07, 6.45) is 2.12. The molecule has 1 aromatic heterocycles. The summed E-state index contributed by atoms with van der Waals surface area (Å²) < 4.78 is 0. The number of carbonyl (C=O) groups excluding carboxylic acids is 1. The summed E-state index contributed by atoms with van der Waals surface area (Å²) in [5, 5.41) is 9.05. The second kappa shape index (κ2) is 4.76. The number of nitrogens with zero attached hydrogens (tertiary/aromatic N) is 2.